The van der Waals surface area contributed by atoms with Gasteiger partial charge in [-0.05, 0) is 63.8 Å². The van der Waals surface area contributed by atoms with Crippen LogP contribution in [0, 0.1) is 18.3 Å². The molecule has 0 amide bonds. The van der Waals surface area contributed by atoms with E-state index in [1.54, 1.807) is 0 Å². The molecule has 0 spiro atoms. The van der Waals surface area contributed by atoms with Crippen molar-refractivity contribution >= 4 is 0 Å². The first-order valence-electron chi connectivity index (χ1n) is 18.6. The van der Waals surface area contributed by atoms with Crippen LogP contribution in [0.4, 0.5) is 0 Å². The summed E-state index contributed by atoms with van der Waals surface area (Å²) in [6, 6.07) is 42.4. The maximum atomic E-state index is 4.93. The number of nitrogens with zero attached hydrogens (tertiary/aromatic N) is 3. The summed E-state index contributed by atoms with van der Waals surface area (Å²) in [7, 11) is 0. The monoisotopic (exact) mass is 673 g/mol. The molecule has 1 heterocycles. The van der Waals surface area contributed by atoms with Gasteiger partial charge in [-0.1, -0.05) is 190 Å². The summed E-state index contributed by atoms with van der Waals surface area (Å²) in [6.07, 6.45) is 2.64. The van der Waals surface area contributed by atoms with Crippen molar-refractivity contribution in [3.05, 3.63) is 138 Å². The molecule has 0 bridgehead atoms. The number of aromatic nitrogens is 3. The Hall–Kier alpha value is -4.89. The van der Waals surface area contributed by atoms with E-state index in [9.17, 15) is 0 Å². The lowest BCUT2D eigenvalue weighted by Gasteiger charge is -2.22. The number of hydrogen-bond donors (Lipinski definition) is 0. The molecule has 0 unspecified atom stereocenters. The van der Waals surface area contributed by atoms with Crippen molar-refractivity contribution in [1.29, 1.82) is 0 Å². The van der Waals surface area contributed by atoms with Gasteiger partial charge < -0.3 is 0 Å². The van der Waals surface area contributed by atoms with E-state index in [0.29, 0.717) is 22.9 Å². The predicted molar refractivity (Wildman–Crippen MR) is 219 cm³/mol. The summed E-state index contributed by atoms with van der Waals surface area (Å²) in [5, 5.41) is 0. The molecule has 1 aromatic heterocycles. The van der Waals surface area contributed by atoms with Gasteiger partial charge in [0.15, 0.2) is 17.5 Å². The summed E-state index contributed by atoms with van der Waals surface area (Å²) in [6.45, 7) is 22.5. The molecule has 3 heteroatoms. The zero-order valence-corrected chi connectivity index (χ0v) is 32.4. The number of rotatable bonds is 5. The Morgan fingerprint density at radius 2 is 0.922 bits per heavy atom. The lowest BCUT2D eigenvalue weighted by molar-refractivity contribution is 0.283. The third-order valence-corrected chi connectivity index (χ3v) is 10.2. The van der Waals surface area contributed by atoms with Crippen molar-refractivity contribution in [1.82, 2.24) is 15.0 Å². The Morgan fingerprint density at radius 1 is 0.510 bits per heavy atom. The maximum absolute atomic E-state index is 4.93. The molecule has 0 radical (unpaired) electrons. The van der Waals surface area contributed by atoms with Gasteiger partial charge in [0.1, 0.15) is 0 Å². The topological polar surface area (TPSA) is 38.7 Å². The zero-order chi connectivity index (χ0) is 36.8. The molecule has 1 aliphatic rings. The Bertz CT molecular complexity index is 1990. The smallest absolute Gasteiger partial charge is 0.164 e. The van der Waals surface area contributed by atoms with Gasteiger partial charge >= 0.3 is 0 Å². The van der Waals surface area contributed by atoms with Crippen molar-refractivity contribution in [3.8, 4) is 56.4 Å². The molecular weight excluding hydrogens is 619 g/mol. The average Bonchev–Trinajstić information content (AvgIpc) is 3.37. The molecule has 0 saturated heterocycles. The van der Waals surface area contributed by atoms with Gasteiger partial charge in [0, 0.05) is 22.1 Å². The van der Waals surface area contributed by atoms with E-state index in [1.165, 1.54) is 46.2 Å². The summed E-state index contributed by atoms with van der Waals surface area (Å²) in [4.78, 5) is 14.7. The molecule has 0 aliphatic heterocycles. The minimum Gasteiger partial charge on any atom is -0.208 e. The minimum atomic E-state index is -0.0479. The normalized spacial score (nSPS) is 12.6. The van der Waals surface area contributed by atoms with Crippen LogP contribution in [0.1, 0.15) is 91.8 Å². The van der Waals surface area contributed by atoms with Gasteiger partial charge in [0.2, 0.25) is 0 Å². The highest BCUT2D eigenvalue weighted by Crippen LogP contribution is 2.50. The molecule has 0 fully saturated rings. The first kappa shape index (κ1) is 37.4. The van der Waals surface area contributed by atoms with E-state index < -0.39 is 0 Å². The van der Waals surface area contributed by atoms with Gasteiger partial charge in [-0.3, -0.25) is 0 Å². The van der Waals surface area contributed by atoms with Crippen LogP contribution in [-0.4, -0.2) is 15.0 Å². The molecule has 0 atom stereocenters. The Morgan fingerprint density at radius 3 is 1.41 bits per heavy atom. The summed E-state index contributed by atoms with van der Waals surface area (Å²) in [5.74, 6) is 2.80. The molecule has 0 saturated carbocycles. The van der Waals surface area contributed by atoms with Gasteiger partial charge in [-0.2, -0.15) is 0 Å². The Labute approximate surface area is 307 Å². The fraction of sp³-hybridized carbons (Fsp3) is 0.312. The summed E-state index contributed by atoms with van der Waals surface area (Å²) in [5.41, 5.74) is 12.4. The van der Waals surface area contributed by atoms with Crippen LogP contribution >= 0.6 is 0 Å². The van der Waals surface area contributed by atoms with E-state index in [-0.39, 0.29) is 5.41 Å². The Balaban J connectivity index is 0.000000402. The molecule has 262 valence electrons. The minimum absolute atomic E-state index is 0.0479. The molecule has 1 aliphatic carbocycles. The molecule has 7 rings (SSSR count). The van der Waals surface area contributed by atoms with Crippen molar-refractivity contribution in [2.45, 2.75) is 87.5 Å². The predicted octanol–water partition coefficient (Wildman–Crippen LogP) is 13.6. The van der Waals surface area contributed by atoms with E-state index >= 15 is 0 Å². The fourth-order valence-electron chi connectivity index (χ4n) is 5.81. The number of unbranched alkanes of at least 4 members (excludes halogenated alkanes) is 1. The van der Waals surface area contributed by atoms with E-state index in [0.717, 1.165) is 28.2 Å². The molecule has 5 aromatic carbocycles. The van der Waals surface area contributed by atoms with Crippen LogP contribution in [0.15, 0.2) is 121 Å². The summed E-state index contributed by atoms with van der Waals surface area (Å²) >= 11 is 0. The van der Waals surface area contributed by atoms with Crippen LogP contribution in [0.5, 0.6) is 0 Å². The lowest BCUT2D eigenvalue weighted by atomic mass is 9.81. The molecule has 0 N–H and O–H groups in total. The molecular formula is C48H55N3. The van der Waals surface area contributed by atoms with Crippen molar-refractivity contribution in [2.24, 2.45) is 11.3 Å². The van der Waals surface area contributed by atoms with Gasteiger partial charge in [0.05, 0.1) is 0 Å². The third-order valence-electron chi connectivity index (χ3n) is 10.2. The third kappa shape index (κ3) is 8.71. The van der Waals surface area contributed by atoms with Crippen LogP contribution in [-0.2, 0) is 5.41 Å². The standard InChI is InChI=1S/C37H29N3.C7H16.C4H10/c1-24-17-19-30-31-20-18-28(23-33(31)37(2,3)32(30)21-24)27-15-10-16-29(22-27)36-39-34(25-11-6-4-7-12-25)38-35(40-36)26-13-8-5-9-14-26;1-6(2)7(3,4)5;1-3-4-2/h4-23H,1-3H3;6H,1-5H3;3-4H2,1-2H3. The number of hydrogen-bond acceptors (Lipinski definition) is 3. The van der Waals surface area contributed by atoms with Gasteiger partial charge in [-0.15, -0.1) is 0 Å². The second-order valence-corrected chi connectivity index (χ2v) is 15.6. The largest absolute Gasteiger partial charge is 0.208 e. The van der Waals surface area contributed by atoms with E-state index in [1.807, 2.05) is 60.7 Å². The molecule has 3 nitrogen and oxygen atoms in total. The van der Waals surface area contributed by atoms with Crippen molar-refractivity contribution < 1.29 is 0 Å². The second kappa shape index (κ2) is 16.0. The highest BCUT2D eigenvalue weighted by atomic mass is 15.0. The van der Waals surface area contributed by atoms with Crippen LogP contribution < -0.4 is 0 Å². The van der Waals surface area contributed by atoms with E-state index in [4.69, 9.17) is 15.0 Å². The van der Waals surface area contributed by atoms with Gasteiger partial charge in [-0.25, -0.2) is 15.0 Å². The van der Waals surface area contributed by atoms with Crippen LogP contribution in [0.2, 0.25) is 0 Å². The zero-order valence-electron chi connectivity index (χ0n) is 32.4. The molecule has 6 aromatic rings. The second-order valence-electron chi connectivity index (χ2n) is 15.6. The maximum Gasteiger partial charge on any atom is 0.164 e. The fourth-order valence-corrected chi connectivity index (χ4v) is 5.81. The van der Waals surface area contributed by atoms with Crippen molar-refractivity contribution in [3.63, 3.8) is 0 Å². The average molecular weight is 674 g/mol. The highest BCUT2D eigenvalue weighted by Gasteiger charge is 2.35. The number of aryl methyl sites for hydroxylation is 1. The van der Waals surface area contributed by atoms with Crippen LogP contribution in [0.3, 0.4) is 0 Å². The number of fused-ring (bicyclic) bond motifs is 3. The summed E-state index contributed by atoms with van der Waals surface area (Å²) < 4.78 is 0. The SMILES string of the molecule is CC(C)C(C)(C)C.CCCC.Cc1ccc2c(c1)C(C)(C)c1cc(-c3cccc(-c4nc(-c5ccccc5)nc(-c5ccccc5)n4)c3)ccc1-2. The lowest BCUT2D eigenvalue weighted by Crippen LogP contribution is -2.15. The van der Waals surface area contributed by atoms with Gasteiger partial charge in [0.25, 0.3) is 0 Å². The first-order chi connectivity index (χ1) is 24.3. The van der Waals surface area contributed by atoms with Crippen LogP contribution in [0.25, 0.3) is 56.4 Å². The highest BCUT2D eigenvalue weighted by molar-refractivity contribution is 5.84. The van der Waals surface area contributed by atoms with E-state index in [2.05, 4.69) is 130 Å². The van der Waals surface area contributed by atoms with Crippen molar-refractivity contribution in [2.75, 3.05) is 0 Å². The molecule has 51 heavy (non-hydrogen) atoms. The number of benzene rings is 5. The first-order valence-corrected chi connectivity index (χ1v) is 18.6. The quantitative estimate of drug-likeness (QED) is 0.183. The Kier molecular flexibility index (Phi) is 11.7.